The molecule has 0 saturated carbocycles. The Labute approximate surface area is 110 Å². The van der Waals surface area contributed by atoms with Gasteiger partial charge in [-0.25, -0.2) is 0 Å². The average molecular weight is 247 g/mol. The van der Waals surface area contributed by atoms with E-state index in [9.17, 15) is 4.79 Å². The van der Waals surface area contributed by atoms with E-state index < -0.39 is 12.4 Å². The number of Topliss-reactive ketones (excluding diaryl/α,β-unsaturated/α-hetero) is 1. The van der Waals surface area contributed by atoms with E-state index in [4.69, 9.17) is 9.85 Å². The third kappa shape index (κ3) is 2.11. The lowest BCUT2D eigenvalue weighted by Gasteiger charge is -2.20. The highest BCUT2D eigenvalue weighted by molar-refractivity contribution is 6.02. The van der Waals surface area contributed by atoms with Crippen LogP contribution < -0.4 is 5.73 Å². The Kier molecular flexibility index (Phi) is 2.09. The molecular weight excluding hydrogens is 228 g/mol. The van der Waals surface area contributed by atoms with Crippen molar-refractivity contribution in [3.8, 4) is 0 Å². The number of hydrogen-bond donors (Lipinski definition) is 1. The summed E-state index contributed by atoms with van der Waals surface area (Å²) >= 11 is 0. The van der Waals surface area contributed by atoms with E-state index in [1.54, 1.807) is 26.0 Å². The Morgan fingerprint density at radius 2 is 2.22 bits per heavy atom. The number of ketones is 1. The zero-order chi connectivity index (χ0) is 15.8. The van der Waals surface area contributed by atoms with Crippen LogP contribution in [-0.4, -0.2) is 20.5 Å². The largest absolute Gasteiger partial charge is 0.397 e. The minimum atomic E-state index is -2.36. The third-order valence-corrected chi connectivity index (χ3v) is 2.89. The highest BCUT2D eigenvalue weighted by Gasteiger charge is 2.32. The monoisotopic (exact) mass is 247 g/mol. The number of rotatable bonds is 3. The molecule has 0 spiro atoms. The van der Waals surface area contributed by atoms with Crippen molar-refractivity contribution < 1.29 is 8.91 Å². The van der Waals surface area contributed by atoms with Gasteiger partial charge in [0.2, 0.25) is 0 Å². The first-order valence-corrected chi connectivity index (χ1v) is 5.44. The van der Waals surface area contributed by atoms with Gasteiger partial charge in [-0.3, -0.25) is 14.5 Å². The van der Waals surface area contributed by atoms with Gasteiger partial charge in [-0.15, -0.1) is 0 Å². The number of aromatic nitrogens is 3. The molecule has 0 amide bonds. The molecule has 0 aliphatic rings. The van der Waals surface area contributed by atoms with Crippen molar-refractivity contribution in [1.82, 2.24) is 14.8 Å². The topological polar surface area (TPSA) is 73.8 Å². The number of nitrogens with zero attached hydrogens (tertiary/aromatic N) is 3. The lowest BCUT2D eigenvalue weighted by atomic mass is 9.81. The van der Waals surface area contributed by atoms with Gasteiger partial charge in [0.15, 0.2) is 5.78 Å². The van der Waals surface area contributed by atoms with Gasteiger partial charge in [-0.2, -0.15) is 5.10 Å². The molecule has 0 aliphatic heterocycles. The zero-order valence-corrected chi connectivity index (χ0v) is 10.2. The summed E-state index contributed by atoms with van der Waals surface area (Å²) in [7, 11) is 0. The molecule has 94 valence electrons. The van der Waals surface area contributed by atoms with E-state index in [-0.39, 0.29) is 11.5 Å². The fourth-order valence-electron chi connectivity index (χ4n) is 1.64. The number of carbonyl (C=O) groups excluding carboxylic acids is 1. The van der Waals surface area contributed by atoms with Gasteiger partial charge in [0.25, 0.3) is 0 Å². The molecule has 5 nitrogen and oxygen atoms in total. The van der Waals surface area contributed by atoms with Gasteiger partial charge >= 0.3 is 0 Å². The Hall–Kier alpha value is -2.17. The average Bonchev–Trinajstić information content (AvgIpc) is 2.89. The molecule has 2 rings (SSSR count). The SMILES string of the molecule is [2H]C([2H])([2H])n1cc(C(C)(C)C(=O)c2ccc(N)cn2)cn1. The van der Waals surface area contributed by atoms with Gasteiger partial charge < -0.3 is 5.73 Å². The van der Waals surface area contributed by atoms with E-state index in [0.29, 0.717) is 11.3 Å². The quantitative estimate of drug-likeness (QED) is 0.835. The van der Waals surface area contributed by atoms with Crippen molar-refractivity contribution in [3.05, 3.63) is 42.0 Å². The summed E-state index contributed by atoms with van der Waals surface area (Å²) in [6.07, 6.45) is 4.17. The maximum absolute atomic E-state index is 12.6. The van der Waals surface area contributed by atoms with Crippen molar-refractivity contribution >= 4 is 11.5 Å². The fourth-order valence-corrected chi connectivity index (χ4v) is 1.64. The van der Waals surface area contributed by atoms with Gasteiger partial charge in [-0.1, -0.05) is 0 Å². The smallest absolute Gasteiger partial charge is 0.191 e. The van der Waals surface area contributed by atoms with Crippen LogP contribution in [0.4, 0.5) is 5.69 Å². The molecule has 18 heavy (non-hydrogen) atoms. The molecule has 0 bridgehead atoms. The van der Waals surface area contributed by atoms with Crippen LogP contribution in [0.25, 0.3) is 0 Å². The second-order valence-corrected chi connectivity index (χ2v) is 4.60. The van der Waals surface area contributed by atoms with Crippen molar-refractivity contribution in [2.45, 2.75) is 19.3 Å². The van der Waals surface area contributed by atoms with Gasteiger partial charge in [0, 0.05) is 22.8 Å². The lowest BCUT2D eigenvalue weighted by Crippen LogP contribution is -2.29. The first-order chi connectivity index (χ1) is 9.62. The van der Waals surface area contributed by atoms with E-state index >= 15 is 0 Å². The molecule has 5 heteroatoms. The maximum Gasteiger partial charge on any atom is 0.191 e. The molecule has 2 aromatic rings. The van der Waals surface area contributed by atoms with E-state index in [1.165, 1.54) is 18.6 Å². The van der Waals surface area contributed by atoms with Gasteiger partial charge in [0.05, 0.1) is 23.5 Å². The maximum atomic E-state index is 12.6. The van der Waals surface area contributed by atoms with Crippen LogP contribution in [0.5, 0.6) is 0 Å². The summed E-state index contributed by atoms with van der Waals surface area (Å²) in [5, 5.41) is 3.81. The molecule has 0 radical (unpaired) electrons. The van der Waals surface area contributed by atoms with Crippen molar-refractivity contribution in [3.63, 3.8) is 0 Å². The number of pyridine rings is 1. The Balaban J connectivity index is 2.35. The number of nitrogen functional groups attached to an aromatic ring is 1. The predicted molar refractivity (Wildman–Crippen MR) is 69.2 cm³/mol. The third-order valence-electron chi connectivity index (χ3n) is 2.89. The molecule has 0 aromatic carbocycles. The molecule has 0 aliphatic carbocycles. The molecule has 0 fully saturated rings. The molecule has 0 saturated heterocycles. The second kappa shape index (κ2) is 4.25. The van der Waals surface area contributed by atoms with Crippen molar-refractivity contribution in [1.29, 1.82) is 0 Å². The van der Waals surface area contributed by atoms with Crippen LogP contribution in [0.15, 0.2) is 30.7 Å². The fraction of sp³-hybridized carbons (Fsp3) is 0.308. The molecular formula is C13H16N4O. The zero-order valence-electron chi connectivity index (χ0n) is 13.2. The van der Waals surface area contributed by atoms with Gasteiger partial charge in [-0.05, 0) is 26.0 Å². The minimum absolute atomic E-state index is 0.229. The molecule has 2 N–H and O–H groups in total. The number of nitrogens with two attached hydrogens (primary N) is 1. The molecule has 2 aromatic heterocycles. The molecule has 2 heterocycles. The Bertz CT molecular complexity index is 659. The van der Waals surface area contributed by atoms with Crippen LogP contribution in [0.1, 0.15) is 34.0 Å². The highest BCUT2D eigenvalue weighted by atomic mass is 16.1. The van der Waals surface area contributed by atoms with Crippen LogP contribution in [0.2, 0.25) is 0 Å². The first-order valence-electron chi connectivity index (χ1n) is 6.94. The van der Waals surface area contributed by atoms with Crippen LogP contribution in [0, 0.1) is 0 Å². The number of carbonyl (C=O) groups is 1. The summed E-state index contributed by atoms with van der Waals surface area (Å²) in [5.41, 5.74) is 5.87. The predicted octanol–water partition coefficient (Wildman–Crippen LogP) is 1.56. The van der Waals surface area contributed by atoms with Gasteiger partial charge in [0.1, 0.15) is 5.69 Å². The van der Waals surface area contributed by atoms with Crippen molar-refractivity contribution in [2.24, 2.45) is 6.98 Å². The Morgan fingerprint density at radius 3 is 2.78 bits per heavy atom. The number of anilines is 1. The normalized spacial score (nSPS) is 14.7. The molecule has 0 unspecified atom stereocenters. The number of hydrogen-bond acceptors (Lipinski definition) is 4. The summed E-state index contributed by atoms with van der Waals surface area (Å²) in [6, 6.07) is 3.15. The van der Waals surface area contributed by atoms with E-state index in [0.717, 1.165) is 4.68 Å². The summed E-state index contributed by atoms with van der Waals surface area (Å²) < 4.78 is 22.8. The van der Waals surface area contributed by atoms with Crippen LogP contribution in [-0.2, 0) is 12.4 Å². The molecule has 0 atom stereocenters. The van der Waals surface area contributed by atoms with E-state index in [1.807, 2.05) is 0 Å². The van der Waals surface area contributed by atoms with E-state index in [2.05, 4.69) is 10.1 Å². The minimum Gasteiger partial charge on any atom is -0.397 e. The number of aryl methyl sites for hydroxylation is 1. The first kappa shape index (κ1) is 8.85. The Morgan fingerprint density at radius 1 is 1.44 bits per heavy atom. The standard InChI is InChI=1S/C13H16N4O/c1-13(2,9-6-16-17(3)8-9)12(18)11-5-4-10(14)7-15-11/h4-8H,14H2,1-3H3/i3D3. The van der Waals surface area contributed by atoms with Crippen LogP contribution >= 0.6 is 0 Å². The lowest BCUT2D eigenvalue weighted by molar-refractivity contribution is 0.0903. The van der Waals surface area contributed by atoms with Crippen molar-refractivity contribution in [2.75, 3.05) is 5.73 Å². The highest BCUT2D eigenvalue weighted by Crippen LogP contribution is 2.26. The second-order valence-electron chi connectivity index (χ2n) is 4.60. The summed E-state index contributed by atoms with van der Waals surface area (Å²) in [4.78, 5) is 16.6. The van der Waals surface area contributed by atoms with Crippen LogP contribution in [0.3, 0.4) is 0 Å². The summed E-state index contributed by atoms with van der Waals surface area (Å²) in [5.74, 6) is -0.229. The summed E-state index contributed by atoms with van der Waals surface area (Å²) in [6.45, 7) is 1.04.